The van der Waals surface area contributed by atoms with Crippen molar-refractivity contribution in [1.82, 2.24) is 10.2 Å². The summed E-state index contributed by atoms with van der Waals surface area (Å²) >= 11 is 0. The van der Waals surface area contributed by atoms with Gasteiger partial charge in [-0.3, -0.25) is 4.90 Å². The first kappa shape index (κ1) is 13.5. The molecule has 1 aromatic rings. The molecular weight excluding hydrogens is 227 g/mol. The predicted molar refractivity (Wildman–Crippen MR) is 73.4 cm³/mol. The normalized spacial score (nSPS) is 20.0. The molecule has 0 unspecified atom stereocenters. The molecular formula is C15H23FN2. The molecule has 100 valence electrons. The Kier molecular flexibility index (Phi) is 4.03. The molecule has 2 rings (SSSR count). The van der Waals surface area contributed by atoms with Crippen LogP contribution in [0, 0.1) is 12.7 Å². The zero-order valence-corrected chi connectivity index (χ0v) is 11.6. The van der Waals surface area contributed by atoms with E-state index in [4.69, 9.17) is 0 Å². The van der Waals surface area contributed by atoms with Crippen LogP contribution in [0.15, 0.2) is 18.2 Å². The second-order valence-electron chi connectivity index (χ2n) is 5.91. The standard InChI is InChI=1S/C15H23FN2/c1-12-10-14(16)5-4-13(12)6-8-18-9-7-17-15(2,3)11-18/h4-5,10,17H,6-9,11H2,1-3H3. The van der Waals surface area contributed by atoms with E-state index in [0.717, 1.165) is 38.2 Å². The molecule has 0 atom stereocenters. The van der Waals surface area contributed by atoms with E-state index in [1.54, 1.807) is 12.1 Å². The molecule has 1 aliphatic heterocycles. The van der Waals surface area contributed by atoms with Gasteiger partial charge in [0.05, 0.1) is 0 Å². The average molecular weight is 250 g/mol. The van der Waals surface area contributed by atoms with Gasteiger partial charge in [-0.15, -0.1) is 0 Å². The molecule has 0 bridgehead atoms. The van der Waals surface area contributed by atoms with E-state index >= 15 is 0 Å². The van der Waals surface area contributed by atoms with Gasteiger partial charge in [0.1, 0.15) is 5.82 Å². The number of piperazine rings is 1. The van der Waals surface area contributed by atoms with Crippen molar-refractivity contribution in [3.05, 3.63) is 35.1 Å². The number of aryl methyl sites for hydroxylation is 1. The van der Waals surface area contributed by atoms with E-state index in [9.17, 15) is 4.39 Å². The maximum Gasteiger partial charge on any atom is 0.123 e. The second kappa shape index (κ2) is 5.37. The monoisotopic (exact) mass is 250 g/mol. The lowest BCUT2D eigenvalue weighted by Crippen LogP contribution is -2.57. The fourth-order valence-corrected chi connectivity index (χ4v) is 2.66. The summed E-state index contributed by atoms with van der Waals surface area (Å²) in [6, 6.07) is 5.10. The van der Waals surface area contributed by atoms with Crippen LogP contribution in [-0.2, 0) is 6.42 Å². The van der Waals surface area contributed by atoms with Gasteiger partial charge in [0.25, 0.3) is 0 Å². The van der Waals surface area contributed by atoms with Gasteiger partial charge in [-0.05, 0) is 50.5 Å². The molecule has 1 fully saturated rings. The van der Waals surface area contributed by atoms with E-state index in [-0.39, 0.29) is 11.4 Å². The number of hydrogen-bond donors (Lipinski definition) is 1. The van der Waals surface area contributed by atoms with Crippen LogP contribution in [0.4, 0.5) is 4.39 Å². The summed E-state index contributed by atoms with van der Waals surface area (Å²) in [5, 5.41) is 3.51. The molecule has 0 aromatic heterocycles. The number of hydrogen-bond acceptors (Lipinski definition) is 2. The molecule has 0 radical (unpaired) electrons. The van der Waals surface area contributed by atoms with E-state index in [1.807, 2.05) is 13.0 Å². The minimum atomic E-state index is -0.139. The molecule has 0 amide bonds. The molecule has 0 saturated carbocycles. The van der Waals surface area contributed by atoms with Gasteiger partial charge in [0, 0.05) is 31.7 Å². The van der Waals surface area contributed by atoms with Crippen molar-refractivity contribution >= 4 is 0 Å². The van der Waals surface area contributed by atoms with Crippen molar-refractivity contribution in [2.24, 2.45) is 0 Å². The Balaban J connectivity index is 1.91. The van der Waals surface area contributed by atoms with Gasteiger partial charge in [-0.1, -0.05) is 6.07 Å². The van der Waals surface area contributed by atoms with Gasteiger partial charge in [-0.25, -0.2) is 4.39 Å². The SMILES string of the molecule is Cc1cc(F)ccc1CCN1CCNC(C)(C)C1. The van der Waals surface area contributed by atoms with E-state index < -0.39 is 0 Å². The van der Waals surface area contributed by atoms with Crippen LogP contribution in [-0.4, -0.2) is 36.6 Å². The second-order valence-corrected chi connectivity index (χ2v) is 5.91. The Morgan fingerprint density at radius 3 is 2.83 bits per heavy atom. The van der Waals surface area contributed by atoms with Crippen LogP contribution in [0.3, 0.4) is 0 Å². The van der Waals surface area contributed by atoms with Crippen LogP contribution in [0.25, 0.3) is 0 Å². The summed E-state index contributed by atoms with van der Waals surface area (Å²) in [6.07, 6.45) is 1.00. The number of nitrogens with zero attached hydrogens (tertiary/aromatic N) is 1. The molecule has 1 aromatic carbocycles. The highest BCUT2D eigenvalue weighted by molar-refractivity contribution is 5.26. The van der Waals surface area contributed by atoms with Gasteiger partial charge in [0.2, 0.25) is 0 Å². The molecule has 2 nitrogen and oxygen atoms in total. The van der Waals surface area contributed by atoms with Gasteiger partial charge in [-0.2, -0.15) is 0 Å². The van der Waals surface area contributed by atoms with Crippen molar-refractivity contribution in [2.75, 3.05) is 26.2 Å². The van der Waals surface area contributed by atoms with Crippen molar-refractivity contribution in [2.45, 2.75) is 32.7 Å². The summed E-state index contributed by atoms with van der Waals surface area (Å²) in [7, 11) is 0. The smallest absolute Gasteiger partial charge is 0.123 e. The summed E-state index contributed by atoms with van der Waals surface area (Å²) in [5.74, 6) is -0.139. The molecule has 1 N–H and O–H groups in total. The number of halogens is 1. The lowest BCUT2D eigenvalue weighted by molar-refractivity contribution is 0.156. The first-order valence-corrected chi connectivity index (χ1v) is 6.69. The average Bonchev–Trinajstić information content (AvgIpc) is 2.26. The summed E-state index contributed by atoms with van der Waals surface area (Å²) in [6.45, 7) is 10.7. The Hall–Kier alpha value is -0.930. The first-order valence-electron chi connectivity index (χ1n) is 6.69. The lowest BCUT2D eigenvalue weighted by Gasteiger charge is -2.39. The van der Waals surface area contributed by atoms with Crippen LogP contribution < -0.4 is 5.32 Å². The molecule has 1 aliphatic rings. The van der Waals surface area contributed by atoms with Crippen molar-refractivity contribution in [3.8, 4) is 0 Å². The quantitative estimate of drug-likeness (QED) is 0.886. The van der Waals surface area contributed by atoms with Crippen molar-refractivity contribution in [3.63, 3.8) is 0 Å². The third-order valence-electron chi connectivity index (χ3n) is 3.65. The van der Waals surface area contributed by atoms with Crippen molar-refractivity contribution < 1.29 is 4.39 Å². The molecule has 1 heterocycles. The topological polar surface area (TPSA) is 15.3 Å². The first-order chi connectivity index (χ1) is 8.46. The number of rotatable bonds is 3. The van der Waals surface area contributed by atoms with E-state index in [2.05, 4.69) is 24.1 Å². The fraction of sp³-hybridized carbons (Fsp3) is 0.600. The zero-order valence-electron chi connectivity index (χ0n) is 11.6. The summed E-state index contributed by atoms with van der Waals surface area (Å²) < 4.78 is 13.0. The van der Waals surface area contributed by atoms with Gasteiger partial charge >= 0.3 is 0 Å². The lowest BCUT2D eigenvalue weighted by atomic mass is 10.0. The van der Waals surface area contributed by atoms with Crippen LogP contribution in [0.1, 0.15) is 25.0 Å². The molecule has 1 saturated heterocycles. The summed E-state index contributed by atoms with van der Waals surface area (Å²) in [5.41, 5.74) is 2.52. The maximum absolute atomic E-state index is 13.0. The highest BCUT2D eigenvalue weighted by atomic mass is 19.1. The Labute approximate surface area is 109 Å². The zero-order chi connectivity index (χ0) is 13.2. The predicted octanol–water partition coefficient (Wildman–Crippen LogP) is 2.36. The van der Waals surface area contributed by atoms with E-state index in [0.29, 0.717) is 0 Å². The minimum Gasteiger partial charge on any atom is -0.309 e. The van der Waals surface area contributed by atoms with Gasteiger partial charge in [0.15, 0.2) is 0 Å². The Morgan fingerprint density at radius 1 is 1.39 bits per heavy atom. The van der Waals surface area contributed by atoms with E-state index in [1.165, 1.54) is 5.56 Å². The maximum atomic E-state index is 13.0. The highest BCUT2D eigenvalue weighted by Gasteiger charge is 2.25. The molecule has 18 heavy (non-hydrogen) atoms. The largest absolute Gasteiger partial charge is 0.309 e. The number of nitrogens with one attached hydrogen (secondary N) is 1. The van der Waals surface area contributed by atoms with Crippen LogP contribution in [0.5, 0.6) is 0 Å². The number of benzene rings is 1. The highest BCUT2D eigenvalue weighted by Crippen LogP contribution is 2.14. The van der Waals surface area contributed by atoms with Crippen molar-refractivity contribution in [1.29, 1.82) is 0 Å². The molecule has 0 aliphatic carbocycles. The molecule has 0 spiro atoms. The Bertz CT molecular complexity index is 415. The summed E-state index contributed by atoms with van der Waals surface area (Å²) in [4.78, 5) is 2.49. The fourth-order valence-electron chi connectivity index (χ4n) is 2.66. The Morgan fingerprint density at radius 2 is 2.17 bits per heavy atom. The van der Waals surface area contributed by atoms with Crippen LogP contribution in [0.2, 0.25) is 0 Å². The third-order valence-corrected chi connectivity index (χ3v) is 3.65. The minimum absolute atomic E-state index is 0.139. The van der Waals surface area contributed by atoms with Gasteiger partial charge < -0.3 is 5.32 Å². The third kappa shape index (κ3) is 3.53. The van der Waals surface area contributed by atoms with Crippen LogP contribution >= 0.6 is 0 Å². The molecule has 3 heteroatoms.